The zero-order valence-electron chi connectivity index (χ0n) is 16.5. The molecule has 0 saturated carbocycles. The normalized spacial score (nSPS) is 11.5. The van der Waals surface area contributed by atoms with E-state index < -0.39 is 8.96 Å². The van der Waals surface area contributed by atoms with Crippen LogP contribution >= 0.6 is 0 Å². The average Bonchev–Trinajstić information content (AvgIpc) is 2.75. The molecule has 3 aromatic rings. The molecule has 4 heteroatoms. The molecule has 142 valence electrons. The zero-order chi connectivity index (χ0) is 19.8. The lowest BCUT2D eigenvalue weighted by molar-refractivity contribution is 0.0985. The molecular weight excluding hydrogens is 360 g/mol. The molecule has 0 amide bonds. The number of Topliss-reactive ketones (excluding diaryl/α,β-unsaturated/α-hetero) is 1. The number of ketones is 1. The van der Waals surface area contributed by atoms with E-state index in [-0.39, 0.29) is 5.78 Å². The lowest BCUT2D eigenvalue weighted by Crippen LogP contribution is -2.31. The number of hydrogen-bond acceptors (Lipinski definition) is 3. The summed E-state index contributed by atoms with van der Waals surface area (Å²) >= 11 is 0. The summed E-state index contributed by atoms with van der Waals surface area (Å²) in [7, 11) is -1.24. The van der Waals surface area contributed by atoms with E-state index in [4.69, 9.17) is 5.10 Å². The Morgan fingerprint density at radius 1 is 0.750 bits per heavy atom. The molecule has 0 spiro atoms. The quantitative estimate of drug-likeness (QED) is 0.220. The maximum Gasteiger partial charge on any atom is 0.164 e. The van der Waals surface area contributed by atoms with Crippen molar-refractivity contribution in [2.45, 2.75) is 25.9 Å². The van der Waals surface area contributed by atoms with Crippen molar-refractivity contribution in [3.05, 3.63) is 102 Å². The lowest BCUT2D eigenvalue weighted by Gasteiger charge is -2.25. The van der Waals surface area contributed by atoms with Crippen LogP contribution in [0.25, 0.3) is 0 Å². The highest BCUT2D eigenvalue weighted by Crippen LogP contribution is 2.18. The summed E-state index contributed by atoms with van der Waals surface area (Å²) in [5.74, 6) is 0.150. The Balaban J connectivity index is 1.88. The SMILES string of the molecule is C[SiH](C)N(N=C(CCC(=O)c1ccccc1)c1ccccc1)c1ccccc1. The first kappa shape index (κ1) is 19.8. The minimum Gasteiger partial charge on any atom is -0.298 e. The Bertz CT molecular complexity index is 909. The number of carbonyl (C=O) groups is 1. The van der Waals surface area contributed by atoms with Crippen molar-refractivity contribution >= 4 is 26.1 Å². The van der Waals surface area contributed by atoms with Gasteiger partial charge in [0.2, 0.25) is 0 Å². The predicted molar refractivity (Wildman–Crippen MR) is 121 cm³/mol. The first-order valence-corrected chi connectivity index (χ1v) is 12.5. The van der Waals surface area contributed by atoms with Gasteiger partial charge < -0.3 is 0 Å². The summed E-state index contributed by atoms with van der Waals surface area (Å²) in [6.07, 6.45) is 1.06. The third kappa shape index (κ3) is 5.27. The third-order valence-electron chi connectivity index (χ3n) is 4.53. The molecule has 3 rings (SSSR count). The fraction of sp³-hybridized carbons (Fsp3) is 0.167. The number of benzene rings is 3. The number of carbonyl (C=O) groups excluding carboxylic acids is 1. The van der Waals surface area contributed by atoms with E-state index in [1.807, 2.05) is 66.7 Å². The van der Waals surface area contributed by atoms with Gasteiger partial charge in [-0.3, -0.25) is 9.47 Å². The van der Waals surface area contributed by atoms with Gasteiger partial charge in [-0.15, -0.1) is 0 Å². The van der Waals surface area contributed by atoms with Gasteiger partial charge in [-0.05, 0) is 24.1 Å². The van der Waals surface area contributed by atoms with Gasteiger partial charge in [-0.2, -0.15) is 5.10 Å². The standard InChI is InChI=1S/C24H26N2OSi/c1-28(2)26(22-16-10-5-11-17-22)25-23(20-12-6-3-7-13-20)18-19-24(27)21-14-8-4-9-15-21/h3-17,28H,18-19H2,1-2H3. The highest BCUT2D eigenvalue weighted by Gasteiger charge is 2.15. The molecule has 0 fully saturated rings. The van der Waals surface area contributed by atoms with Crippen molar-refractivity contribution in [2.24, 2.45) is 5.10 Å². The van der Waals surface area contributed by atoms with E-state index in [2.05, 4.69) is 42.0 Å². The van der Waals surface area contributed by atoms with Gasteiger partial charge >= 0.3 is 0 Å². The zero-order valence-corrected chi connectivity index (χ0v) is 17.6. The van der Waals surface area contributed by atoms with E-state index >= 15 is 0 Å². The van der Waals surface area contributed by atoms with Crippen LogP contribution in [0, 0.1) is 0 Å². The minimum absolute atomic E-state index is 0.150. The van der Waals surface area contributed by atoms with Gasteiger partial charge in [0.15, 0.2) is 14.7 Å². The van der Waals surface area contributed by atoms with Gasteiger partial charge in [-0.1, -0.05) is 92.0 Å². The summed E-state index contributed by atoms with van der Waals surface area (Å²) in [5, 5.41) is 5.04. The molecule has 0 atom stereocenters. The molecule has 28 heavy (non-hydrogen) atoms. The molecule has 0 N–H and O–H groups in total. The molecule has 0 bridgehead atoms. The maximum absolute atomic E-state index is 12.6. The van der Waals surface area contributed by atoms with Crippen molar-refractivity contribution in [2.75, 3.05) is 4.67 Å². The van der Waals surface area contributed by atoms with Crippen molar-refractivity contribution in [3.63, 3.8) is 0 Å². The first-order valence-electron chi connectivity index (χ1n) is 9.70. The number of rotatable bonds is 8. The lowest BCUT2D eigenvalue weighted by atomic mass is 10.0. The van der Waals surface area contributed by atoms with Gasteiger partial charge in [0, 0.05) is 17.7 Å². The monoisotopic (exact) mass is 386 g/mol. The summed E-state index contributed by atoms with van der Waals surface area (Å²) in [6, 6.07) is 29.9. The van der Waals surface area contributed by atoms with E-state index in [0.717, 1.165) is 22.5 Å². The van der Waals surface area contributed by atoms with Crippen molar-refractivity contribution in [1.29, 1.82) is 0 Å². The molecule has 0 heterocycles. The van der Waals surface area contributed by atoms with Crippen molar-refractivity contribution in [1.82, 2.24) is 0 Å². The van der Waals surface area contributed by atoms with Crippen LogP contribution in [-0.2, 0) is 0 Å². The molecule has 3 aromatic carbocycles. The van der Waals surface area contributed by atoms with Crippen LogP contribution in [-0.4, -0.2) is 20.5 Å². The summed E-state index contributed by atoms with van der Waals surface area (Å²) in [5.41, 5.74) is 3.88. The highest BCUT2D eigenvalue weighted by atomic mass is 28.3. The second kappa shape index (κ2) is 9.81. The maximum atomic E-state index is 12.6. The Morgan fingerprint density at radius 3 is 1.79 bits per heavy atom. The predicted octanol–water partition coefficient (Wildman–Crippen LogP) is 5.54. The molecule has 3 nitrogen and oxygen atoms in total. The summed E-state index contributed by atoms with van der Waals surface area (Å²) in [6.45, 7) is 4.52. The molecule has 0 saturated heterocycles. The summed E-state index contributed by atoms with van der Waals surface area (Å²) in [4.78, 5) is 12.6. The van der Waals surface area contributed by atoms with Crippen LogP contribution in [0.2, 0.25) is 13.1 Å². The second-order valence-electron chi connectivity index (χ2n) is 6.98. The Kier molecular flexibility index (Phi) is 6.93. The smallest absolute Gasteiger partial charge is 0.164 e. The number of hydrazone groups is 1. The Labute approximate surface area is 169 Å². The summed E-state index contributed by atoms with van der Waals surface area (Å²) < 4.78 is 2.16. The fourth-order valence-corrected chi connectivity index (χ4v) is 4.20. The van der Waals surface area contributed by atoms with Gasteiger partial charge in [0.05, 0.1) is 5.71 Å². The Hall–Kier alpha value is -2.98. The van der Waals surface area contributed by atoms with Crippen LogP contribution in [0.1, 0.15) is 28.8 Å². The number of para-hydroxylation sites is 1. The van der Waals surface area contributed by atoms with E-state index in [0.29, 0.717) is 12.8 Å². The largest absolute Gasteiger partial charge is 0.298 e. The molecule has 0 aliphatic heterocycles. The third-order valence-corrected chi connectivity index (χ3v) is 5.92. The molecular formula is C24H26N2OSi. The highest BCUT2D eigenvalue weighted by molar-refractivity contribution is 6.60. The average molecular weight is 387 g/mol. The van der Waals surface area contributed by atoms with Crippen LogP contribution < -0.4 is 4.67 Å². The van der Waals surface area contributed by atoms with Crippen molar-refractivity contribution in [3.8, 4) is 0 Å². The van der Waals surface area contributed by atoms with Gasteiger partial charge in [-0.25, -0.2) is 0 Å². The van der Waals surface area contributed by atoms with Crippen LogP contribution in [0.3, 0.4) is 0 Å². The molecule has 0 aliphatic rings. The Morgan fingerprint density at radius 2 is 1.25 bits per heavy atom. The van der Waals surface area contributed by atoms with Crippen molar-refractivity contribution < 1.29 is 4.79 Å². The van der Waals surface area contributed by atoms with E-state index in [9.17, 15) is 4.79 Å². The molecule has 0 radical (unpaired) electrons. The van der Waals surface area contributed by atoms with Gasteiger partial charge in [0.1, 0.15) is 0 Å². The van der Waals surface area contributed by atoms with Crippen LogP contribution in [0.15, 0.2) is 96.1 Å². The second-order valence-corrected chi connectivity index (χ2v) is 9.65. The first-order chi connectivity index (χ1) is 13.6. The molecule has 0 unspecified atom stereocenters. The van der Waals surface area contributed by atoms with Crippen LogP contribution in [0.4, 0.5) is 5.69 Å². The minimum atomic E-state index is -1.24. The topological polar surface area (TPSA) is 32.7 Å². The van der Waals surface area contributed by atoms with Gasteiger partial charge in [0.25, 0.3) is 0 Å². The van der Waals surface area contributed by atoms with E-state index in [1.54, 1.807) is 0 Å². The van der Waals surface area contributed by atoms with E-state index in [1.165, 1.54) is 0 Å². The van der Waals surface area contributed by atoms with Crippen LogP contribution in [0.5, 0.6) is 0 Å². The number of nitrogens with zero attached hydrogens (tertiary/aromatic N) is 2. The fourth-order valence-electron chi connectivity index (χ4n) is 3.07. The number of hydrogen-bond donors (Lipinski definition) is 0. The molecule has 0 aromatic heterocycles. The number of anilines is 1. The molecule has 0 aliphatic carbocycles.